The van der Waals surface area contributed by atoms with Crippen molar-refractivity contribution in [2.24, 2.45) is 0 Å². The number of carbonyl (C=O) groups is 1. The van der Waals surface area contributed by atoms with Crippen molar-refractivity contribution in [3.05, 3.63) is 59.4 Å². The largest absolute Gasteiger partial charge is 0.310 e. The van der Waals surface area contributed by atoms with Crippen LogP contribution in [0, 0.1) is 18.3 Å². The van der Waals surface area contributed by atoms with E-state index in [9.17, 15) is 4.79 Å². The van der Waals surface area contributed by atoms with E-state index in [0.717, 1.165) is 11.3 Å². The van der Waals surface area contributed by atoms with Crippen molar-refractivity contribution in [1.29, 1.82) is 5.26 Å². The molecular weight excluding hydrogens is 238 g/mol. The molecule has 4 heteroatoms. The molecule has 0 aliphatic carbocycles. The Morgan fingerprint density at radius 1 is 1.26 bits per heavy atom. The molecule has 4 nitrogen and oxygen atoms in total. The maximum Gasteiger partial charge on any atom is 0.276 e. The zero-order valence-corrected chi connectivity index (χ0v) is 10.8. The summed E-state index contributed by atoms with van der Waals surface area (Å²) in [4.78, 5) is 17.8. The summed E-state index contributed by atoms with van der Waals surface area (Å²) in [5, 5.41) is 8.80. The molecule has 94 valence electrons. The highest BCUT2D eigenvalue weighted by molar-refractivity contribution is 6.04. The maximum absolute atomic E-state index is 12.3. The number of benzene rings is 1. The van der Waals surface area contributed by atoms with Crippen molar-refractivity contribution >= 4 is 11.6 Å². The van der Waals surface area contributed by atoms with Crippen molar-refractivity contribution in [3.63, 3.8) is 0 Å². The maximum atomic E-state index is 12.3. The van der Waals surface area contributed by atoms with Crippen molar-refractivity contribution in [3.8, 4) is 6.07 Å². The zero-order valence-electron chi connectivity index (χ0n) is 10.8. The van der Waals surface area contributed by atoms with Gasteiger partial charge in [-0.05, 0) is 36.8 Å². The standard InChI is InChI=1S/C15H13N3O/c1-11-5-3-7-13(9-11)18(2)15(19)14-8-4-6-12(10-16)17-14/h3-9H,1-2H3. The van der Waals surface area contributed by atoms with E-state index < -0.39 is 0 Å². The fourth-order valence-electron chi connectivity index (χ4n) is 1.74. The molecule has 1 aromatic heterocycles. The first-order chi connectivity index (χ1) is 9.11. The predicted molar refractivity (Wildman–Crippen MR) is 72.9 cm³/mol. The molecule has 0 saturated heterocycles. The van der Waals surface area contributed by atoms with Crippen LogP contribution in [-0.2, 0) is 0 Å². The van der Waals surface area contributed by atoms with Crippen LogP contribution in [0.5, 0.6) is 0 Å². The van der Waals surface area contributed by atoms with Crippen LogP contribution in [0.3, 0.4) is 0 Å². The van der Waals surface area contributed by atoms with Gasteiger partial charge in [0.15, 0.2) is 0 Å². The number of rotatable bonds is 2. The Bertz CT molecular complexity index is 658. The summed E-state index contributed by atoms with van der Waals surface area (Å²) in [6.45, 7) is 1.97. The van der Waals surface area contributed by atoms with E-state index in [2.05, 4.69) is 4.98 Å². The molecule has 19 heavy (non-hydrogen) atoms. The van der Waals surface area contributed by atoms with Crippen LogP contribution in [0.15, 0.2) is 42.5 Å². The molecule has 0 spiro atoms. The second-order valence-corrected chi connectivity index (χ2v) is 4.22. The summed E-state index contributed by atoms with van der Waals surface area (Å²) in [5.41, 5.74) is 2.39. The number of aromatic nitrogens is 1. The Balaban J connectivity index is 2.31. The van der Waals surface area contributed by atoms with Crippen LogP contribution in [0.1, 0.15) is 21.7 Å². The normalized spacial score (nSPS) is 9.74. The first-order valence-electron chi connectivity index (χ1n) is 5.83. The number of amides is 1. The fourth-order valence-corrected chi connectivity index (χ4v) is 1.74. The number of carbonyl (C=O) groups excluding carboxylic acids is 1. The Morgan fingerprint density at radius 3 is 2.68 bits per heavy atom. The quantitative estimate of drug-likeness (QED) is 0.824. The third kappa shape index (κ3) is 2.78. The zero-order chi connectivity index (χ0) is 13.8. The molecule has 1 heterocycles. The molecule has 0 aliphatic heterocycles. The van der Waals surface area contributed by atoms with Crippen LogP contribution in [0.2, 0.25) is 0 Å². The molecule has 0 fully saturated rings. The van der Waals surface area contributed by atoms with Gasteiger partial charge in [-0.15, -0.1) is 0 Å². The molecule has 0 N–H and O–H groups in total. The monoisotopic (exact) mass is 251 g/mol. The van der Waals surface area contributed by atoms with Gasteiger partial charge in [0.05, 0.1) is 0 Å². The molecular formula is C15H13N3O. The van der Waals surface area contributed by atoms with Crippen LogP contribution in [0.25, 0.3) is 0 Å². The molecule has 0 atom stereocenters. The number of hydrogen-bond donors (Lipinski definition) is 0. The first kappa shape index (κ1) is 12.8. The lowest BCUT2D eigenvalue weighted by molar-refractivity contribution is 0.0988. The molecule has 0 radical (unpaired) electrons. The number of hydrogen-bond acceptors (Lipinski definition) is 3. The van der Waals surface area contributed by atoms with Crippen LogP contribution in [0.4, 0.5) is 5.69 Å². The van der Waals surface area contributed by atoms with Gasteiger partial charge in [0.25, 0.3) is 5.91 Å². The topological polar surface area (TPSA) is 57.0 Å². The molecule has 1 amide bonds. The highest BCUT2D eigenvalue weighted by Gasteiger charge is 2.15. The van der Waals surface area contributed by atoms with E-state index in [4.69, 9.17) is 5.26 Å². The van der Waals surface area contributed by atoms with Crippen molar-refractivity contribution in [1.82, 2.24) is 4.98 Å². The third-order valence-corrected chi connectivity index (χ3v) is 2.78. The van der Waals surface area contributed by atoms with Crippen molar-refractivity contribution < 1.29 is 4.79 Å². The number of anilines is 1. The molecule has 2 aromatic rings. The smallest absolute Gasteiger partial charge is 0.276 e. The fraction of sp³-hybridized carbons (Fsp3) is 0.133. The van der Waals surface area contributed by atoms with E-state index in [1.165, 1.54) is 4.90 Å². The van der Waals surface area contributed by atoms with Gasteiger partial charge in [-0.25, -0.2) is 4.98 Å². The van der Waals surface area contributed by atoms with Crippen molar-refractivity contribution in [2.45, 2.75) is 6.92 Å². The van der Waals surface area contributed by atoms with Gasteiger partial charge >= 0.3 is 0 Å². The SMILES string of the molecule is Cc1cccc(N(C)C(=O)c2cccc(C#N)n2)c1. The first-order valence-corrected chi connectivity index (χ1v) is 5.83. The van der Waals surface area contributed by atoms with E-state index >= 15 is 0 Å². The van der Waals surface area contributed by atoms with Gasteiger partial charge in [0.2, 0.25) is 0 Å². The minimum absolute atomic E-state index is 0.234. The Kier molecular flexibility index (Phi) is 3.58. The summed E-state index contributed by atoms with van der Waals surface area (Å²) >= 11 is 0. The molecule has 1 aromatic carbocycles. The van der Waals surface area contributed by atoms with Crippen molar-refractivity contribution in [2.75, 3.05) is 11.9 Å². The average Bonchev–Trinajstić information content (AvgIpc) is 2.45. The average molecular weight is 251 g/mol. The van der Waals surface area contributed by atoms with Gasteiger partial charge in [0.1, 0.15) is 17.5 Å². The van der Waals surface area contributed by atoms with Crippen LogP contribution >= 0.6 is 0 Å². The Hall–Kier alpha value is -2.67. The summed E-state index contributed by atoms with van der Waals surface area (Å²) < 4.78 is 0. The third-order valence-electron chi connectivity index (χ3n) is 2.78. The summed E-state index contributed by atoms with van der Waals surface area (Å²) in [6.07, 6.45) is 0. The van der Waals surface area contributed by atoms with E-state index in [-0.39, 0.29) is 17.3 Å². The van der Waals surface area contributed by atoms with Gasteiger partial charge in [-0.3, -0.25) is 4.79 Å². The highest BCUT2D eigenvalue weighted by Crippen LogP contribution is 2.16. The lowest BCUT2D eigenvalue weighted by atomic mass is 10.2. The van der Waals surface area contributed by atoms with Gasteiger partial charge < -0.3 is 4.90 Å². The Labute approximate surface area is 111 Å². The predicted octanol–water partition coefficient (Wildman–Crippen LogP) is 2.54. The number of nitriles is 1. The lowest BCUT2D eigenvalue weighted by Crippen LogP contribution is -2.27. The van der Waals surface area contributed by atoms with E-state index in [1.807, 2.05) is 37.3 Å². The van der Waals surface area contributed by atoms with Crippen LogP contribution in [-0.4, -0.2) is 17.9 Å². The van der Waals surface area contributed by atoms with Gasteiger partial charge in [-0.1, -0.05) is 18.2 Å². The molecule has 0 bridgehead atoms. The lowest BCUT2D eigenvalue weighted by Gasteiger charge is -2.17. The number of pyridine rings is 1. The minimum Gasteiger partial charge on any atom is -0.310 e. The Morgan fingerprint density at radius 2 is 2.00 bits per heavy atom. The molecule has 2 rings (SSSR count). The molecule has 0 aliphatic rings. The molecule has 0 unspecified atom stereocenters. The second-order valence-electron chi connectivity index (χ2n) is 4.22. The molecule has 0 saturated carbocycles. The number of aryl methyl sites for hydroxylation is 1. The van der Waals surface area contributed by atoms with E-state index in [1.54, 1.807) is 25.2 Å². The minimum atomic E-state index is -0.234. The second kappa shape index (κ2) is 5.32. The summed E-state index contributed by atoms with van der Waals surface area (Å²) in [7, 11) is 1.69. The summed E-state index contributed by atoms with van der Waals surface area (Å²) in [5.74, 6) is -0.234. The van der Waals surface area contributed by atoms with E-state index in [0.29, 0.717) is 0 Å². The summed E-state index contributed by atoms with van der Waals surface area (Å²) in [6, 6.07) is 14.4. The van der Waals surface area contributed by atoms with Gasteiger partial charge in [0, 0.05) is 12.7 Å². The van der Waals surface area contributed by atoms with Gasteiger partial charge in [-0.2, -0.15) is 5.26 Å². The highest BCUT2D eigenvalue weighted by atomic mass is 16.2. The van der Waals surface area contributed by atoms with Crippen LogP contribution < -0.4 is 4.90 Å². The number of nitrogens with zero attached hydrogens (tertiary/aromatic N) is 3.